The van der Waals surface area contributed by atoms with Crippen LogP contribution in [-0.2, 0) is 0 Å². The Morgan fingerprint density at radius 1 is 1.14 bits per heavy atom. The second-order valence-electron chi connectivity index (χ2n) is 8.14. The van der Waals surface area contributed by atoms with Crippen LogP contribution in [0.5, 0.6) is 5.75 Å². The molecule has 0 atom stereocenters. The number of fused-ring (bicyclic) bond motifs is 1. The van der Waals surface area contributed by atoms with Crippen molar-refractivity contribution in [1.29, 1.82) is 0 Å². The molecule has 0 bridgehead atoms. The monoisotopic (exact) mass is 390 g/mol. The van der Waals surface area contributed by atoms with Gasteiger partial charge in [0.1, 0.15) is 5.75 Å². The molecule has 0 saturated heterocycles. The summed E-state index contributed by atoms with van der Waals surface area (Å²) in [5.41, 5.74) is 12.5. The number of rotatable bonds is 8. The van der Waals surface area contributed by atoms with Crippen molar-refractivity contribution in [3.63, 3.8) is 0 Å². The maximum absolute atomic E-state index is 5.99. The highest BCUT2D eigenvalue weighted by Crippen LogP contribution is 2.45. The minimum atomic E-state index is 0.642. The summed E-state index contributed by atoms with van der Waals surface area (Å²) in [5.74, 6) is 1.35. The molecule has 5 heteroatoms. The van der Waals surface area contributed by atoms with Crippen molar-refractivity contribution in [3.8, 4) is 16.9 Å². The van der Waals surface area contributed by atoms with Crippen molar-refractivity contribution in [2.24, 2.45) is 0 Å². The van der Waals surface area contributed by atoms with E-state index in [4.69, 9.17) is 15.5 Å². The second-order valence-corrected chi connectivity index (χ2v) is 8.14. The Labute approximate surface area is 172 Å². The van der Waals surface area contributed by atoms with Crippen molar-refractivity contribution >= 4 is 22.3 Å². The Morgan fingerprint density at radius 3 is 2.62 bits per heavy atom. The molecule has 1 aliphatic rings. The number of hydrogen-bond donors (Lipinski definition) is 2. The summed E-state index contributed by atoms with van der Waals surface area (Å²) < 4.78 is 5.41. The maximum atomic E-state index is 5.99. The van der Waals surface area contributed by atoms with Crippen molar-refractivity contribution in [3.05, 3.63) is 48.2 Å². The molecule has 1 saturated carbocycles. The van der Waals surface area contributed by atoms with Crippen LogP contribution in [0.4, 0.5) is 11.4 Å². The first kappa shape index (κ1) is 19.5. The van der Waals surface area contributed by atoms with Crippen LogP contribution in [0.15, 0.2) is 42.6 Å². The number of methoxy groups -OCH3 is 1. The molecule has 1 heterocycles. The van der Waals surface area contributed by atoms with E-state index in [0.29, 0.717) is 17.4 Å². The van der Waals surface area contributed by atoms with E-state index in [1.807, 2.05) is 18.2 Å². The molecule has 2 aromatic carbocycles. The summed E-state index contributed by atoms with van der Waals surface area (Å²) in [6.07, 6.45) is 5.69. The fourth-order valence-corrected chi connectivity index (χ4v) is 3.79. The number of ether oxygens (including phenoxy) is 1. The second kappa shape index (κ2) is 8.29. The van der Waals surface area contributed by atoms with Gasteiger partial charge in [-0.05, 0) is 86.8 Å². The molecule has 0 unspecified atom stereocenters. The zero-order valence-corrected chi connectivity index (χ0v) is 17.5. The van der Waals surface area contributed by atoms with Crippen LogP contribution < -0.4 is 15.8 Å². The van der Waals surface area contributed by atoms with E-state index in [1.165, 1.54) is 29.5 Å². The lowest BCUT2D eigenvalue weighted by Gasteiger charge is -2.17. The molecule has 1 aliphatic carbocycles. The molecular weight excluding hydrogens is 360 g/mol. The Morgan fingerprint density at radius 2 is 1.90 bits per heavy atom. The number of aromatic nitrogens is 1. The third kappa shape index (κ3) is 4.30. The highest BCUT2D eigenvalue weighted by atomic mass is 16.5. The molecule has 0 amide bonds. The van der Waals surface area contributed by atoms with Crippen LogP contribution in [0.2, 0.25) is 0 Å². The zero-order chi connectivity index (χ0) is 20.4. The Hall–Kier alpha value is -2.79. The van der Waals surface area contributed by atoms with E-state index in [0.717, 1.165) is 36.2 Å². The van der Waals surface area contributed by atoms with Gasteiger partial charge in [0, 0.05) is 23.8 Å². The Bertz CT molecular complexity index is 1010. The number of hydrogen-bond acceptors (Lipinski definition) is 5. The molecular formula is C24H30N4O. The average molecular weight is 391 g/mol. The van der Waals surface area contributed by atoms with E-state index in [2.05, 4.69) is 48.7 Å². The molecule has 5 nitrogen and oxygen atoms in total. The van der Waals surface area contributed by atoms with Crippen LogP contribution in [0.3, 0.4) is 0 Å². The van der Waals surface area contributed by atoms with Crippen molar-refractivity contribution in [2.45, 2.75) is 25.2 Å². The standard InChI is InChI=1S/C24H30N4O/c1-28(2)12-4-11-26-24-19-13-17(18-7-9-21(25)23(14-18)29-3)8-10-22(19)27-15-20(24)16-5-6-16/h7-10,13-16H,4-6,11-12,25H2,1-3H3,(H,26,27). The van der Waals surface area contributed by atoms with Gasteiger partial charge in [0.05, 0.1) is 18.3 Å². The predicted octanol–water partition coefficient (Wildman–Crippen LogP) is 4.73. The van der Waals surface area contributed by atoms with Crippen molar-refractivity contribution < 1.29 is 4.74 Å². The first-order valence-electron chi connectivity index (χ1n) is 10.3. The third-order valence-electron chi connectivity index (χ3n) is 5.57. The highest BCUT2D eigenvalue weighted by Gasteiger charge is 2.27. The topological polar surface area (TPSA) is 63.4 Å². The lowest BCUT2D eigenvalue weighted by Crippen LogP contribution is -2.16. The summed E-state index contributed by atoms with van der Waals surface area (Å²) in [4.78, 5) is 6.97. The van der Waals surface area contributed by atoms with Crippen LogP contribution in [0.25, 0.3) is 22.0 Å². The van der Waals surface area contributed by atoms with Gasteiger partial charge in [-0.15, -0.1) is 0 Å². The van der Waals surface area contributed by atoms with Gasteiger partial charge >= 0.3 is 0 Å². The molecule has 152 valence electrons. The van der Waals surface area contributed by atoms with Gasteiger partial charge in [-0.3, -0.25) is 4.98 Å². The van der Waals surface area contributed by atoms with Gasteiger partial charge in [0.2, 0.25) is 0 Å². The summed E-state index contributed by atoms with van der Waals surface area (Å²) >= 11 is 0. The van der Waals surface area contributed by atoms with E-state index in [9.17, 15) is 0 Å². The normalized spacial score (nSPS) is 13.8. The van der Waals surface area contributed by atoms with Crippen molar-refractivity contribution in [1.82, 2.24) is 9.88 Å². The maximum Gasteiger partial charge on any atom is 0.142 e. The van der Waals surface area contributed by atoms with E-state index in [-0.39, 0.29) is 0 Å². The van der Waals surface area contributed by atoms with Gasteiger partial charge in [-0.1, -0.05) is 12.1 Å². The number of pyridine rings is 1. The van der Waals surface area contributed by atoms with Gasteiger partial charge in [-0.25, -0.2) is 0 Å². The number of nitrogen functional groups attached to an aromatic ring is 1. The fraction of sp³-hybridized carbons (Fsp3) is 0.375. The van der Waals surface area contributed by atoms with Crippen LogP contribution in [-0.4, -0.2) is 44.2 Å². The van der Waals surface area contributed by atoms with E-state index in [1.54, 1.807) is 7.11 Å². The van der Waals surface area contributed by atoms with E-state index < -0.39 is 0 Å². The quantitative estimate of drug-likeness (QED) is 0.430. The molecule has 4 rings (SSSR count). The summed E-state index contributed by atoms with van der Waals surface area (Å²) in [6, 6.07) is 12.4. The molecule has 0 aliphatic heterocycles. The first-order valence-corrected chi connectivity index (χ1v) is 10.3. The zero-order valence-electron chi connectivity index (χ0n) is 17.5. The molecule has 3 N–H and O–H groups in total. The average Bonchev–Trinajstić information content (AvgIpc) is 3.56. The highest BCUT2D eigenvalue weighted by molar-refractivity contribution is 5.96. The number of anilines is 2. The Balaban J connectivity index is 1.72. The lowest BCUT2D eigenvalue weighted by atomic mass is 9.99. The molecule has 0 spiro atoms. The van der Waals surface area contributed by atoms with Crippen LogP contribution >= 0.6 is 0 Å². The number of benzene rings is 2. The van der Waals surface area contributed by atoms with Crippen molar-refractivity contribution in [2.75, 3.05) is 45.3 Å². The van der Waals surface area contributed by atoms with E-state index >= 15 is 0 Å². The summed E-state index contributed by atoms with van der Waals surface area (Å²) in [7, 11) is 5.88. The minimum Gasteiger partial charge on any atom is -0.495 e. The molecule has 0 radical (unpaired) electrons. The van der Waals surface area contributed by atoms with Gasteiger partial charge < -0.3 is 20.7 Å². The lowest BCUT2D eigenvalue weighted by molar-refractivity contribution is 0.405. The first-order chi connectivity index (χ1) is 14.1. The van der Waals surface area contributed by atoms with Crippen LogP contribution in [0.1, 0.15) is 30.7 Å². The number of nitrogens with two attached hydrogens (primary N) is 1. The third-order valence-corrected chi connectivity index (χ3v) is 5.57. The molecule has 3 aromatic rings. The smallest absolute Gasteiger partial charge is 0.142 e. The largest absolute Gasteiger partial charge is 0.495 e. The fourth-order valence-electron chi connectivity index (χ4n) is 3.79. The molecule has 29 heavy (non-hydrogen) atoms. The summed E-state index contributed by atoms with van der Waals surface area (Å²) in [5, 5.41) is 4.92. The molecule has 1 aromatic heterocycles. The van der Waals surface area contributed by atoms with Gasteiger partial charge in [-0.2, -0.15) is 0 Å². The number of nitrogens with one attached hydrogen (secondary N) is 1. The van der Waals surface area contributed by atoms with Crippen LogP contribution in [0, 0.1) is 0 Å². The SMILES string of the molecule is COc1cc(-c2ccc3ncc(C4CC4)c(NCCCN(C)C)c3c2)ccc1N. The minimum absolute atomic E-state index is 0.642. The predicted molar refractivity (Wildman–Crippen MR) is 122 cm³/mol. The Kier molecular flexibility index (Phi) is 5.58. The molecule has 1 fully saturated rings. The number of nitrogens with zero attached hydrogens (tertiary/aromatic N) is 2. The van der Waals surface area contributed by atoms with Gasteiger partial charge in [0.25, 0.3) is 0 Å². The summed E-state index contributed by atoms with van der Waals surface area (Å²) in [6.45, 7) is 2.03. The van der Waals surface area contributed by atoms with Gasteiger partial charge in [0.15, 0.2) is 0 Å².